The molecule has 1 fully saturated rings. The molecule has 1 amide bonds. The lowest BCUT2D eigenvalue weighted by molar-refractivity contribution is -0.192. The number of fused-ring (bicyclic) bond motifs is 1. The minimum Gasteiger partial charge on any atom is -0.493 e. The number of ether oxygens (including phenoxy) is 1. The van der Waals surface area contributed by atoms with Gasteiger partial charge in [-0.3, -0.25) is 10.2 Å². The third-order valence-corrected chi connectivity index (χ3v) is 5.50. The predicted molar refractivity (Wildman–Crippen MR) is 111 cm³/mol. The van der Waals surface area contributed by atoms with E-state index in [9.17, 15) is 18.0 Å². The van der Waals surface area contributed by atoms with Crippen molar-refractivity contribution in [3.05, 3.63) is 42.0 Å². The van der Waals surface area contributed by atoms with Crippen molar-refractivity contribution in [3.63, 3.8) is 0 Å². The molecule has 1 N–H and O–H groups in total. The first kappa shape index (κ1) is 22.4. The van der Waals surface area contributed by atoms with Crippen LogP contribution in [0.3, 0.4) is 0 Å². The van der Waals surface area contributed by atoms with E-state index in [2.05, 4.69) is 12.3 Å². The van der Waals surface area contributed by atoms with Gasteiger partial charge in [-0.2, -0.15) is 13.2 Å². The van der Waals surface area contributed by atoms with Crippen LogP contribution < -0.4 is 10.2 Å². The summed E-state index contributed by atoms with van der Waals surface area (Å²) in [7, 11) is 0. The molecule has 0 bridgehead atoms. The summed E-state index contributed by atoms with van der Waals surface area (Å²) in [5.74, 6) is -0.176. The molecule has 164 valence electrons. The number of amides is 1. The highest BCUT2D eigenvalue weighted by Gasteiger charge is 2.52. The SMILES string of the molecule is CCCCCCOc1c(C(N2CC(C)(C)C(=O)N2)C(F)(F)F)ccc2ccccc12. The van der Waals surface area contributed by atoms with Crippen molar-refractivity contribution in [2.24, 2.45) is 5.41 Å². The van der Waals surface area contributed by atoms with Gasteiger partial charge in [-0.1, -0.05) is 62.6 Å². The molecule has 2 aromatic carbocycles. The quantitative estimate of drug-likeness (QED) is 0.549. The van der Waals surface area contributed by atoms with Gasteiger partial charge in [-0.25, -0.2) is 5.01 Å². The van der Waals surface area contributed by atoms with E-state index in [4.69, 9.17) is 4.74 Å². The summed E-state index contributed by atoms with van der Waals surface area (Å²) in [4.78, 5) is 12.2. The molecule has 4 nitrogen and oxygen atoms in total. The Kier molecular flexibility index (Phi) is 6.60. The molecule has 30 heavy (non-hydrogen) atoms. The monoisotopic (exact) mass is 422 g/mol. The van der Waals surface area contributed by atoms with E-state index in [1.807, 2.05) is 12.1 Å². The zero-order valence-electron chi connectivity index (χ0n) is 17.7. The molecule has 0 aliphatic carbocycles. The maximum atomic E-state index is 14.3. The van der Waals surface area contributed by atoms with Crippen LogP contribution in [0.5, 0.6) is 5.75 Å². The summed E-state index contributed by atoms with van der Waals surface area (Å²) in [5, 5.41) is 2.46. The Bertz CT molecular complexity index is 896. The van der Waals surface area contributed by atoms with Gasteiger partial charge >= 0.3 is 6.18 Å². The van der Waals surface area contributed by atoms with Crippen LogP contribution in [0.4, 0.5) is 13.2 Å². The first-order chi connectivity index (χ1) is 14.1. The van der Waals surface area contributed by atoms with Gasteiger partial charge in [0, 0.05) is 17.5 Å². The molecule has 7 heteroatoms. The summed E-state index contributed by atoms with van der Waals surface area (Å²) in [6.45, 7) is 5.69. The molecule has 0 spiro atoms. The maximum absolute atomic E-state index is 14.3. The van der Waals surface area contributed by atoms with Gasteiger partial charge in [-0.15, -0.1) is 0 Å². The fourth-order valence-corrected chi connectivity index (χ4v) is 3.84. The Morgan fingerprint density at radius 2 is 1.87 bits per heavy atom. The molecule has 1 aliphatic rings. The number of unbranched alkanes of at least 4 members (excludes halogenated alkanes) is 3. The van der Waals surface area contributed by atoms with E-state index in [0.717, 1.165) is 36.1 Å². The normalized spacial score (nSPS) is 17.9. The van der Waals surface area contributed by atoms with Crippen molar-refractivity contribution in [3.8, 4) is 5.75 Å². The standard InChI is InChI=1S/C23H29F3N2O2/c1-4-5-6-9-14-30-19-17-11-8-7-10-16(17)12-13-18(19)20(23(24,25)26)28-15-22(2,3)21(29)27-28/h7-8,10-13,20H,4-6,9,14-15H2,1-3H3,(H,27,29). The van der Waals surface area contributed by atoms with E-state index in [1.54, 1.807) is 32.0 Å². The van der Waals surface area contributed by atoms with Crippen molar-refractivity contribution < 1.29 is 22.7 Å². The summed E-state index contributed by atoms with van der Waals surface area (Å²) < 4.78 is 48.7. The summed E-state index contributed by atoms with van der Waals surface area (Å²) in [5.41, 5.74) is 1.55. The number of rotatable bonds is 8. The molecule has 1 heterocycles. The highest BCUT2D eigenvalue weighted by atomic mass is 19.4. The Labute approximate surface area is 175 Å². The second-order valence-corrected chi connectivity index (χ2v) is 8.51. The molecule has 0 aromatic heterocycles. The van der Waals surface area contributed by atoms with Gasteiger partial charge in [-0.05, 0) is 25.7 Å². The lowest BCUT2D eigenvalue weighted by Gasteiger charge is -2.31. The van der Waals surface area contributed by atoms with Gasteiger partial charge in [0.15, 0.2) is 6.04 Å². The Morgan fingerprint density at radius 1 is 1.13 bits per heavy atom. The first-order valence-corrected chi connectivity index (χ1v) is 10.4. The van der Waals surface area contributed by atoms with Crippen molar-refractivity contribution in [1.82, 2.24) is 10.4 Å². The number of hydrogen-bond acceptors (Lipinski definition) is 3. The van der Waals surface area contributed by atoms with Gasteiger partial charge in [0.2, 0.25) is 5.91 Å². The molecule has 1 unspecified atom stereocenters. The Balaban J connectivity index is 2.02. The molecule has 1 atom stereocenters. The molecule has 2 aromatic rings. The lowest BCUT2D eigenvalue weighted by Crippen LogP contribution is -2.43. The third-order valence-electron chi connectivity index (χ3n) is 5.50. The largest absolute Gasteiger partial charge is 0.493 e. The molecule has 0 radical (unpaired) electrons. The number of carbonyl (C=O) groups excluding carboxylic acids is 1. The second kappa shape index (κ2) is 8.84. The smallest absolute Gasteiger partial charge is 0.410 e. The number of benzene rings is 2. The van der Waals surface area contributed by atoms with E-state index in [0.29, 0.717) is 12.0 Å². The van der Waals surface area contributed by atoms with E-state index in [-0.39, 0.29) is 17.9 Å². The average Bonchev–Trinajstić information content (AvgIpc) is 2.93. The fraction of sp³-hybridized carbons (Fsp3) is 0.522. The molecule has 3 rings (SSSR count). The van der Waals surface area contributed by atoms with Crippen LogP contribution in [-0.2, 0) is 4.79 Å². The van der Waals surface area contributed by atoms with E-state index < -0.39 is 23.5 Å². The first-order valence-electron chi connectivity index (χ1n) is 10.4. The molecular weight excluding hydrogens is 393 g/mol. The third kappa shape index (κ3) is 4.72. The number of hydrogen-bond donors (Lipinski definition) is 1. The van der Waals surface area contributed by atoms with Crippen molar-refractivity contribution >= 4 is 16.7 Å². The number of nitrogens with zero attached hydrogens (tertiary/aromatic N) is 1. The van der Waals surface area contributed by atoms with Crippen LogP contribution in [0.25, 0.3) is 10.8 Å². The average molecular weight is 422 g/mol. The van der Waals surface area contributed by atoms with Crippen LogP contribution in [0.1, 0.15) is 58.1 Å². The topological polar surface area (TPSA) is 41.6 Å². The number of alkyl halides is 3. The zero-order chi connectivity index (χ0) is 21.9. The minimum absolute atomic E-state index is 0.0229. The van der Waals surface area contributed by atoms with E-state index >= 15 is 0 Å². The van der Waals surface area contributed by atoms with Crippen molar-refractivity contribution in [2.75, 3.05) is 13.2 Å². The molecule has 1 saturated heterocycles. The summed E-state index contributed by atoms with van der Waals surface area (Å²) >= 11 is 0. The summed E-state index contributed by atoms with van der Waals surface area (Å²) in [6.07, 6.45) is -0.710. The predicted octanol–water partition coefficient (Wildman–Crippen LogP) is 5.78. The molecular formula is C23H29F3N2O2. The van der Waals surface area contributed by atoms with Gasteiger partial charge < -0.3 is 4.74 Å². The van der Waals surface area contributed by atoms with Crippen molar-refractivity contribution in [1.29, 1.82) is 0 Å². The zero-order valence-corrected chi connectivity index (χ0v) is 17.7. The van der Waals surface area contributed by atoms with Crippen molar-refractivity contribution in [2.45, 2.75) is 58.7 Å². The van der Waals surface area contributed by atoms with Gasteiger partial charge in [0.25, 0.3) is 0 Å². The second-order valence-electron chi connectivity index (χ2n) is 8.51. The van der Waals surface area contributed by atoms with E-state index in [1.165, 1.54) is 6.07 Å². The lowest BCUT2D eigenvalue weighted by atomic mass is 9.93. The maximum Gasteiger partial charge on any atom is 0.410 e. The highest BCUT2D eigenvalue weighted by Crippen LogP contribution is 2.45. The van der Waals surface area contributed by atoms with Crippen LogP contribution in [0.15, 0.2) is 36.4 Å². The fourth-order valence-electron chi connectivity index (χ4n) is 3.84. The van der Waals surface area contributed by atoms with Crippen LogP contribution in [0.2, 0.25) is 0 Å². The van der Waals surface area contributed by atoms with Crippen LogP contribution in [-0.4, -0.2) is 30.2 Å². The molecule has 1 aliphatic heterocycles. The Hall–Kier alpha value is -2.28. The van der Waals surface area contributed by atoms with Crippen LogP contribution >= 0.6 is 0 Å². The summed E-state index contributed by atoms with van der Waals surface area (Å²) in [6, 6.07) is 8.43. The number of nitrogens with one attached hydrogen (secondary N) is 1. The minimum atomic E-state index is -4.59. The highest BCUT2D eigenvalue weighted by molar-refractivity contribution is 5.90. The number of halogens is 3. The number of carbonyl (C=O) groups is 1. The molecule has 0 saturated carbocycles. The Morgan fingerprint density at radius 3 is 2.50 bits per heavy atom. The van der Waals surface area contributed by atoms with Gasteiger partial charge in [0.05, 0.1) is 12.0 Å². The van der Waals surface area contributed by atoms with Crippen LogP contribution in [0, 0.1) is 5.41 Å². The number of hydrazine groups is 1. The van der Waals surface area contributed by atoms with Gasteiger partial charge in [0.1, 0.15) is 5.75 Å².